The monoisotopic (exact) mass is 340 g/mol. The SMILES string of the molecule is COc1cc(NC(=O)N[C@H](C)c2cccs2)c(OC)cc1Cl. The van der Waals surface area contributed by atoms with Gasteiger partial charge >= 0.3 is 6.03 Å². The van der Waals surface area contributed by atoms with Crippen molar-refractivity contribution < 1.29 is 14.3 Å². The summed E-state index contributed by atoms with van der Waals surface area (Å²) < 4.78 is 10.4. The summed E-state index contributed by atoms with van der Waals surface area (Å²) in [5, 5.41) is 8.00. The van der Waals surface area contributed by atoms with E-state index >= 15 is 0 Å². The molecular formula is C15H17ClN2O3S. The Balaban J connectivity index is 2.10. The molecule has 118 valence electrons. The molecule has 2 rings (SSSR count). The standard InChI is InChI=1S/C15H17ClN2O3S/c1-9(14-5-4-6-22-14)17-15(19)18-11-8-12(20-2)10(16)7-13(11)21-3/h4-9H,1-3H3,(H2,17,18,19)/t9-/m1/s1. The van der Waals surface area contributed by atoms with Crippen LogP contribution in [0.15, 0.2) is 29.6 Å². The van der Waals surface area contributed by atoms with Crippen LogP contribution in [0.5, 0.6) is 11.5 Å². The van der Waals surface area contributed by atoms with E-state index in [-0.39, 0.29) is 12.1 Å². The summed E-state index contributed by atoms with van der Waals surface area (Å²) in [6, 6.07) is 6.73. The van der Waals surface area contributed by atoms with E-state index in [0.29, 0.717) is 22.2 Å². The number of hydrogen-bond acceptors (Lipinski definition) is 4. The van der Waals surface area contributed by atoms with Crippen LogP contribution in [0.4, 0.5) is 10.5 Å². The highest BCUT2D eigenvalue weighted by atomic mass is 35.5. The second kappa shape index (κ2) is 7.38. The molecule has 2 amide bonds. The van der Waals surface area contributed by atoms with Gasteiger partial charge in [0.1, 0.15) is 11.5 Å². The number of benzene rings is 1. The van der Waals surface area contributed by atoms with Crippen LogP contribution in [0.1, 0.15) is 17.8 Å². The third kappa shape index (κ3) is 3.84. The molecule has 1 aromatic heterocycles. The van der Waals surface area contributed by atoms with Gasteiger partial charge in [-0.2, -0.15) is 0 Å². The van der Waals surface area contributed by atoms with Crippen LogP contribution in [-0.2, 0) is 0 Å². The first-order valence-corrected chi connectivity index (χ1v) is 7.83. The molecule has 0 aliphatic carbocycles. The quantitative estimate of drug-likeness (QED) is 0.853. The van der Waals surface area contributed by atoms with Gasteiger partial charge in [0.15, 0.2) is 0 Å². The maximum Gasteiger partial charge on any atom is 0.319 e. The van der Waals surface area contributed by atoms with Gasteiger partial charge in [-0.15, -0.1) is 11.3 Å². The number of urea groups is 1. The largest absolute Gasteiger partial charge is 0.495 e. The number of carbonyl (C=O) groups excluding carboxylic acids is 1. The van der Waals surface area contributed by atoms with Gasteiger partial charge in [-0.25, -0.2) is 4.79 Å². The summed E-state index contributed by atoms with van der Waals surface area (Å²) in [6.45, 7) is 1.92. The average molecular weight is 341 g/mol. The van der Waals surface area contributed by atoms with Crippen molar-refractivity contribution in [1.82, 2.24) is 5.32 Å². The Bertz CT molecular complexity index is 646. The smallest absolute Gasteiger partial charge is 0.319 e. The molecule has 0 aliphatic heterocycles. The normalized spacial score (nSPS) is 11.6. The lowest BCUT2D eigenvalue weighted by Crippen LogP contribution is -2.30. The Morgan fingerprint density at radius 2 is 2.00 bits per heavy atom. The molecule has 22 heavy (non-hydrogen) atoms. The number of halogens is 1. The van der Waals surface area contributed by atoms with Gasteiger partial charge in [-0.1, -0.05) is 17.7 Å². The lowest BCUT2D eigenvalue weighted by Gasteiger charge is -2.16. The van der Waals surface area contributed by atoms with E-state index in [1.807, 2.05) is 24.4 Å². The average Bonchev–Trinajstić information content (AvgIpc) is 3.02. The van der Waals surface area contributed by atoms with Crippen molar-refractivity contribution in [2.75, 3.05) is 19.5 Å². The minimum atomic E-state index is -0.330. The van der Waals surface area contributed by atoms with Gasteiger partial charge in [0.05, 0.1) is 31.0 Å². The van der Waals surface area contributed by atoms with E-state index in [2.05, 4.69) is 10.6 Å². The maximum atomic E-state index is 12.1. The fourth-order valence-corrected chi connectivity index (χ4v) is 2.89. The molecule has 0 radical (unpaired) electrons. The van der Waals surface area contributed by atoms with E-state index in [4.69, 9.17) is 21.1 Å². The van der Waals surface area contributed by atoms with Crippen LogP contribution in [0, 0.1) is 0 Å². The topological polar surface area (TPSA) is 59.6 Å². The number of methoxy groups -OCH3 is 2. The molecule has 0 spiro atoms. The number of amides is 2. The first-order valence-electron chi connectivity index (χ1n) is 6.57. The first kappa shape index (κ1) is 16.5. The van der Waals surface area contributed by atoms with Crippen molar-refractivity contribution in [1.29, 1.82) is 0 Å². The highest BCUT2D eigenvalue weighted by Crippen LogP contribution is 2.35. The lowest BCUT2D eigenvalue weighted by molar-refractivity contribution is 0.249. The summed E-state index contributed by atoms with van der Waals surface area (Å²) in [7, 11) is 3.02. The Labute approximate surface area is 138 Å². The summed E-state index contributed by atoms with van der Waals surface area (Å²) in [5.41, 5.74) is 0.486. The summed E-state index contributed by atoms with van der Waals surface area (Å²) >= 11 is 7.63. The third-order valence-corrected chi connectivity index (χ3v) is 4.39. The van der Waals surface area contributed by atoms with Crippen LogP contribution in [-0.4, -0.2) is 20.3 Å². The van der Waals surface area contributed by atoms with E-state index in [0.717, 1.165) is 4.88 Å². The van der Waals surface area contributed by atoms with Crippen molar-refractivity contribution in [2.45, 2.75) is 13.0 Å². The van der Waals surface area contributed by atoms with Gasteiger partial charge in [-0.05, 0) is 18.4 Å². The number of anilines is 1. The van der Waals surface area contributed by atoms with Crippen LogP contribution in [0.25, 0.3) is 0 Å². The van der Waals surface area contributed by atoms with Crippen molar-refractivity contribution in [3.8, 4) is 11.5 Å². The minimum absolute atomic E-state index is 0.0832. The van der Waals surface area contributed by atoms with Gasteiger partial charge < -0.3 is 20.1 Å². The molecule has 7 heteroatoms. The van der Waals surface area contributed by atoms with Gasteiger partial charge in [0.2, 0.25) is 0 Å². The summed E-state index contributed by atoms with van der Waals surface area (Å²) in [4.78, 5) is 13.2. The van der Waals surface area contributed by atoms with Crippen molar-refractivity contribution in [2.24, 2.45) is 0 Å². The molecule has 1 aromatic carbocycles. The molecule has 0 saturated carbocycles. The number of rotatable bonds is 5. The van der Waals surface area contributed by atoms with E-state index in [1.165, 1.54) is 14.2 Å². The van der Waals surface area contributed by atoms with E-state index in [9.17, 15) is 4.79 Å². The maximum absolute atomic E-state index is 12.1. The Morgan fingerprint density at radius 3 is 2.59 bits per heavy atom. The van der Waals surface area contributed by atoms with Crippen LogP contribution < -0.4 is 20.1 Å². The summed E-state index contributed by atoms with van der Waals surface area (Å²) in [5.74, 6) is 0.925. The third-order valence-electron chi connectivity index (χ3n) is 3.04. The van der Waals surface area contributed by atoms with Crippen molar-refractivity contribution in [3.05, 3.63) is 39.5 Å². The van der Waals surface area contributed by atoms with Gasteiger partial charge in [0.25, 0.3) is 0 Å². The predicted molar refractivity (Wildman–Crippen MR) is 89.4 cm³/mol. The summed E-state index contributed by atoms with van der Waals surface area (Å²) in [6.07, 6.45) is 0. The van der Waals surface area contributed by atoms with Crippen LogP contribution in [0.3, 0.4) is 0 Å². The fourth-order valence-electron chi connectivity index (χ4n) is 1.92. The lowest BCUT2D eigenvalue weighted by atomic mass is 10.2. The molecule has 0 unspecified atom stereocenters. The molecule has 0 saturated heterocycles. The molecule has 5 nitrogen and oxygen atoms in total. The molecule has 0 bridgehead atoms. The fraction of sp³-hybridized carbons (Fsp3) is 0.267. The molecule has 0 aliphatic rings. The zero-order valence-corrected chi connectivity index (χ0v) is 14.0. The Kier molecular flexibility index (Phi) is 5.51. The minimum Gasteiger partial charge on any atom is -0.495 e. The number of carbonyl (C=O) groups is 1. The van der Waals surface area contributed by atoms with Gasteiger partial charge in [-0.3, -0.25) is 0 Å². The predicted octanol–water partition coefficient (Wildman–Crippen LogP) is 4.30. The highest BCUT2D eigenvalue weighted by Gasteiger charge is 2.14. The Morgan fingerprint density at radius 1 is 1.27 bits per heavy atom. The van der Waals surface area contributed by atoms with E-state index in [1.54, 1.807) is 23.5 Å². The van der Waals surface area contributed by atoms with Gasteiger partial charge in [0, 0.05) is 17.0 Å². The number of nitrogens with one attached hydrogen (secondary N) is 2. The number of hydrogen-bond donors (Lipinski definition) is 2. The molecule has 1 atom stereocenters. The molecule has 2 aromatic rings. The van der Waals surface area contributed by atoms with Crippen molar-refractivity contribution in [3.63, 3.8) is 0 Å². The zero-order valence-electron chi connectivity index (χ0n) is 12.5. The number of thiophene rings is 1. The van der Waals surface area contributed by atoms with Crippen LogP contribution in [0.2, 0.25) is 5.02 Å². The van der Waals surface area contributed by atoms with E-state index < -0.39 is 0 Å². The first-order chi connectivity index (χ1) is 10.5. The zero-order chi connectivity index (χ0) is 16.1. The Hall–Kier alpha value is -1.92. The van der Waals surface area contributed by atoms with Crippen molar-refractivity contribution >= 4 is 34.7 Å². The van der Waals surface area contributed by atoms with Crippen LogP contribution >= 0.6 is 22.9 Å². The molecule has 2 N–H and O–H groups in total. The number of ether oxygens (including phenoxy) is 2. The molecule has 1 heterocycles. The molecule has 0 fully saturated rings. The highest BCUT2D eigenvalue weighted by molar-refractivity contribution is 7.10. The second-order valence-electron chi connectivity index (χ2n) is 4.52. The molecular weight excluding hydrogens is 324 g/mol. The second-order valence-corrected chi connectivity index (χ2v) is 5.91.